The maximum atomic E-state index is 10.5. The summed E-state index contributed by atoms with van der Waals surface area (Å²) in [5.74, 6) is 0.377. The molecule has 0 heterocycles. The van der Waals surface area contributed by atoms with Crippen molar-refractivity contribution < 1.29 is 12.9 Å². The Morgan fingerprint density at radius 2 is 1.62 bits per heavy atom. The maximum Gasteiger partial charge on any atom is 0.357 e. The summed E-state index contributed by atoms with van der Waals surface area (Å²) < 4.78 is 23.8. The van der Waals surface area contributed by atoms with Crippen LogP contribution in [0, 0.1) is 0 Å². The molecule has 1 N–H and O–H groups in total. The molecule has 82 valence electrons. The molecule has 1 unspecified atom stereocenters. The SMILES string of the molecule is O=S(O)Oc1cccc(-c2ccccc2)c1. The van der Waals surface area contributed by atoms with E-state index in [0.29, 0.717) is 5.75 Å². The van der Waals surface area contributed by atoms with Gasteiger partial charge in [0.05, 0.1) is 0 Å². The summed E-state index contributed by atoms with van der Waals surface area (Å²) >= 11 is -2.28. The zero-order valence-electron chi connectivity index (χ0n) is 8.37. The lowest BCUT2D eigenvalue weighted by Gasteiger charge is -2.04. The molecular weight excluding hydrogens is 224 g/mol. The molecular formula is C12H10O3S. The van der Waals surface area contributed by atoms with Gasteiger partial charge in [0.15, 0.2) is 0 Å². The van der Waals surface area contributed by atoms with Crippen molar-refractivity contribution in [2.75, 3.05) is 0 Å². The second-order valence-electron chi connectivity index (χ2n) is 3.19. The molecule has 0 saturated heterocycles. The highest BCUT2D eigenvalue weighted by Crippen LogP contribution is 2.23. The van der Waals surface area contributed by atoms with Gasteiger partial charge in [-0.1, -0.05) is 42.5 Å². The first-order chi connectivity index (χ1) is 7.75. The van der Waals surface area contributed by atoms with Crippen LogP contribution < -0.4 is 4.18 Å². The van der Waals surface area contributed by atoms with Crippen LogP contribution >= 0.6 is 0 Å². The normalized spacial score (nSPS) is 12.1. The average molecular weight is 234 g/mol. The van der Waals surface area contributed by atoms with Gasteiger partial charge < -0.3 is 4.18 Å². The van der Waals surface area contributed by atoms with Crippen molar-refractivity contribution in [2.24, 2.45) is 0 Å². The smallest absolute Gasteiger partial charge is 0.357 e. The van der Waals surface area contributed by atoms with E-state index < -0.39 is 11.4 Å². The Bertz CT molecular complexity index is 497. The van der Waals surface area contributed by atoms with Crippen LogP contribution in [0.5, 0.6) is 5.75 Å². The third-order valence-electron chi connectivity index (χ3n) is 2.11. The molecule has 0 radical (unpaired) electrons. The van der Waals surface area contributed by atoms with Gasteiger partial charge in [-0.25, -0.2) is 0 Å². The number of hydrogen-bond donors (Lipinski definition) is 1. The Hall–Kier alpha value is -1.65. The van der Waals surface area contributed by atoms with Crippen molar-refractivity contribution in [3.8, 4) is 16.9 Å². The van der Waals surface area contributed by atoms with Crippen LogP contribution in [-0.2, 0) is 11.4 Å². The van der Waals surface area contributed by atoms with E-state index in [4.69, 9.17) is 8.74 Å². The lowest BCUT2D eigenvalue weighted by atomic mass is 10.1. The fourth-order valence-electron chi connectivity index (χ4n) is 1.44. The first kappa shape index (κ1) is 10.9. The summed E-state index contributed by atoms with van der Waals surface area (Å²) in [4.78, 5) is 0. The predicted octanol–water partition coefficient (Wildman–Crippen LogP) is 2.87. The molecule has 2 aromatic carbocycles. The molecule has 0 amide bonds. The lowest BCUT2D eigenvalue weighted by Crippen LogP contribution is -1.97. The van der Waals surface area contributed by atoms with Gasteiger partial charge in [0.1, 0.15) is 5.75 Å². The zero-order chi connectivity index (χ0) is 11.4. The topological polar surface area (TPSA) is 46.5 Å². The van der Waals surface area contributed by atoms with Gasteiger partial charge in [0.2, 0.25) is 0 Å². The first-order valence-electron chi connectivity index (χ1n) is 4.70. The van der Waals surface area contributed by atoms with E-state index in [9.17, 15) is 4.21 Å². The van der Waals surface area contributed by atoms with Gasteiger partial charge >= 0.3 is 11.4 Å². The molecule has 0 aliphatic carbocycles. The van der Waals surface area contributed by atoms with Crippen molar-refractivity contribution in [1.29, 1.82) is 0 Å². The molecule has 0 fully saturated rings. The Balaban J connectivity index is 2.33. The fraction of sp³-hybridized carbons (Fsp3) is 0. The highest BCUT2D eigenvalue weighted by Gasteiger charge is 2.01. The summed E-state index contributed by atoms with van der Waals surface area (Å²) in [6.45, 7) is 0. The van der Waals surface area contributed by atoms with E-state index in [1.54, 1.807) is 18.2 Å². The second kappa shape index (κ2) is 4.92. The fourth-order valence-corrected chi connectivity index (χ4v) is 1.71. The molecule has 0 aliphatic rings. The molecule has 2 rings (SSSR count). The van der Waals surface area contributed by atoms with Crippen molar-refractivity contribution in [1.82, 2.24) is 0 Å². The molecule has 1 atom stereocenters. The van der Waals surface area contributed by atoms with E-state index in [2.05, 4.69) is 0 Å². The highest BCUT2D eigenvalue weighted by atomic mass is 32.2. The minimum atomic E-state index is -2.28. The lowest BCUT2D eigenvalue weighted by molar-refractivity contribution is 0.458. The second-order valence-corrected chi connectivity index (χ2v) is 3.80. The summed E-state index contributed by atoms with van der Waals surface area (Å²) in [5, 5.41) is 0. The quantitative estimate of drug-likeness (QED) is 0.831. The minimum Gasteiger partial charge on any atom is -0.380 e. The Labute approximate surface area is 96.2 Å². The standard InChI is InChI=1S/C12H10O3S/c13-16(14)15-12-8-4-7-11(9-12)10-5-2-1-3-6-10/h1-9H,(H,13,14). The third kappa shape index (κ3) is 2.68. The third-order valence-corrected chi connectivity index (χ3v) is 2.44. The summed E-state index contributed by atoms with van der Waals surface area (Å²) in [6, 6.07) is 16.8. The minimum absolute atomic E-state index is 0.377. The van der Waals surface area contributed by atoms with Gasteiger partial charge in [-0.2, -0.15) is 4.21 Å². The molecule has 4 heteroatoms. The van der Waals surface area contributed by atoms with Crippen LogP contribution in [0.1, 0.15) is 0 Å². The highest BCUT2D eigenvalue weighted by molar-refractivity contribution is 7.74. The van der Waals surface area contributed by atoms with Crippen LogP contribution in [0.3, 0.4) is 0 Å². The Morgan fingerprint density at radius 3 is 2.31 bits per heavy atom. The van der Waals surface area contributed by atoms with Crippen molar-refractivity contribution in [2.45, 2.75) is 0 Å². The largest absolute Gasteiger partial charge is 0.380 e. The van der Waals surface area contributed by atoms with E-state index in [-0.39, 0.29) is 0 Å². The van der Waals surface area contributed by atoms with Crippen molar-refractivity contribution >= 4 is 11.4 Å². The average Bonchev–Trinajstić information content (AvgIpc) is 2.30. The number of hydrogen-bond acceptors (Lipinski definition) is 2. The summed E-state index contributed by atoms with van der Waals surface area (Å²) in [6.07, 6.45) is 0. The Morgan fingerprint density at radius 1 is 0.938 bits per heavy atom. The molecule has 0 saturated carbocycles. The first-order valence-corrected chi connectivity index (χ1v) is 5.73. The monoisotopic (exact) mass is 234 g/mol. The molecule has 0 spiro atoms. The number of rotatable bonds is 3. The molecule has 0 aromatic heterocycles. The predicted molar refractivity (Wildman–Crippen MR) is 63.3 cm³/mol. The van der Waals surface area contributed by atoms with Crippen LogP contribution in [0.2, 0.25) is 0 Å². The molecule has 0 bridgehead atoms. The van der Waals surface area contributed by atoms with Crippen molar-refractivity contribution in [3.05, 3.63) is 54.6 Å². The van der Waals surface area contributed by atoms with Gasteiger partial charge in [-0.15, -0.1) is 0 Å². The molecule has 2 aromatic rings. The van der Waals surface area contributed by atoms with E-state index >= 15 is 0 Å². The van der Waals surface area contributed by atoms with Crippen molar-refractivity contribution in [3.63, 3.8) is 0 Å². The number of benzene rings is 2. The Kier molecular flexibility index (Phi) is 3.34. The van der Waals surface area contributed by atoms with Gasteiger partial charge in [0, 0.05) is 0 Å². The molecule has 0 aliphatic heterocycles. The van der Waals surface area contributed by atoms with E-state index in [0.717, 1.165) is 11.1 Å². The summed E-state index contributed by atoms with van der Waals surface area (Å²) in [7, 11) is 0. The van der Waals surface area contributed by atoms with Crippen LogP contribution in [-0.4, -0.2) is 8.76 Å². The van der Waals surface area contributed by atoms with Gasteiger partial charge in [-0.05, 0) is 23.3 Å². The molecule has 3 nitrogen and oxygen atoms in total. The van der Waals surface area contributed by atoms with E-state index in [1.165, 1.54) is 0 Å². The maximum absolute atomic E-state index is 10.5. The van der Waals surface area contributed by atoms with Crippen LogP contribution in [0.15, 0.2) is 54.6 Å². The van der Waals surface area contributed by atoms with Crippen LogP contribution in [0.4, 0.5) is 0 Å². The molecule has 16 heavy (non-hydrogen) atoms. The van der Waals surface area contributed by atoms with Gasteiger partial charge in [0.25, 0.3) is 0 Å². The zero-order valence-corrected chi connectivity index (χ0v) is 9.18. The van der Waals surface area contributed by atoms with Gasteiger partial charge in [-0.3, -0.25) is 4.55 Å². The van der Waals surface area contributed by atoms with Crippen LogP contribution in [0.25, 0.3) is 11.1 Å². The summed E-state index contributed by atoms with van der Waals surface area (Å²) in [5.41, 5.74) is 1.99. The van der Waals surface area contributed by atoms with E-state index in [1.807, 2.05) is 36.4 Å².